The summed E-state index contributed by atoms with van der Waals surface area (Å²) in [7, 11) is 1.50. The number of aliphatic hydroxyl groups is 1. The number of carbonyl (C=O) groups is 2. The maximum absolute atomic E-state index is 12.9. The van der Waals surface area contributed by atoms with Crippen LogP contribution in [0.15, 0.2) is 18.2 Å². The first kappa shape index (κ1) is 19.2. The van der Waals surface area contributed by atoms with Crippen molar-refractivity contribution in [3.63, 3.8) is 0 Å². The molecule has 1 aromatic heterocycles. The summed E-state index contributed by atoms with van der Waals surface area (Å²) in [5.41, 5.74) is 2.32. The van der Waals surface area contributed by atoms with Crippen LogP contribution in [0.2, 0.25) is 10.0 Å². The Bertz CT molecular complexity index is 961. The summed E-state index contributed by atoms with van der Waals surface area (Å²) in [5, 5.41) is 15.8. The molecule has 0 spiro atoms. The van der Waals surface area contributed by atoms with Gasteiger partial charge in [0.05, 0.1) is 35.4 Å². The van der Waals surface area contributed by atoms with Crippen molar-refractivity contribution in [2.75, 3.05) is 20.2 Å². The standard InChI is InChI=1S/C18H18Cl2N4O4/c1-22-18(27)16-12-8-23(17(26)10-2-3-13(19)14(20)6-10)5-4-15(12)21-24(16)7-11(9-25)28-22/h2-3,6,11,25H,4-5,7-9H2,1H3/t11-/m0/s1. The Kier molecular flexibility index (Phi) is 5.05. The fourth-order valence-corrected chi connectivity index (χ4v) is 3.82. The van der Waals surface area contributed by atoms with E-state index in [-0.39, 0.29) is 31.5 Å². The topological polar surface area (TPSA) is 87.9 Å². The van der Waals surface area contributed by atoms with E-state index in [0.29, 0.717) is 39.8 Å². The van der Waals surface area contributed by atoms with Gasteiger partial charge in [0.15, 0.2) is 0 Å². The largest absolute Gasteiger partial charge is 0.393 e. The van der Waals surface area contributed by atoms with Crippen LogP contribution in [0.1, 0.15) is 32.1 Å². The molecule has 0 fully saturated rings. The maximum atomic E-state index is 12.9. The monoisotopic (exact) mass is 424 g/mol. The highest BCUT2D eigenvalue weighted by atomic mass is 35.5. The lowest BCUT2D eigenvalue weighted by Gasteiger charge is -2.27. The second kappa shape index (κ2) is 7.36. The summed E-state index contributed by atoms with van der Waals surface area (Å²) >= 11 is 12.0. The summed E-state index contributed by atoms with van der Waals surface area (Å²) in [5.74, 6) is -0.545. The van der Waals surface area contributed by atoms with Crippen LogP contribution in [0.5, 0.6) is 0 Å². The lowest BCUT2D eigenvalue weighted by molar-refractivity contribution is -0.159. The number of carbonyl (C=O) groups excluding carboxylic acids is 2. The van der Waals surface area contributed by atoms with E-state index in [4.69, 9.17) is 28.0 Å². The molecule has 1 atom stereocenters. The van der Waals surface area contributed by atoms with Gasteiger partial charge in [-0.25, -0.2) is 5.06 Å². The van der Waals surface area contributed by atoms with Crippen LogP contribution in [0.25, 0.3) is 0 Å². The predicted molar refractivity (Wildman–Crippen MR) is 101 cm³/mol. The number of benzene rings is 1. The van der Waals surface area contributed by atoms with E-state index in [2.05, 4.69) is 5.10 Å². The lowest BCUT2D eigenvalue weighted by Crippen LogP contribution is -2.37. The molecule has 1 N–H and O–H groups in total. The minimum absolute atomic E-state index is 0.192. The fraction of sp³-hybridized carbons (Fsp3) is 0.389. The molecule has 2 aliphatic heterocycles. The van der Waals surface area contributed by atoms with Crippen molar-refractivity contribution < 1.29 is 19.5 Å². The Balaban J connectivity index is 1.65. The number of rotatable bonds is 2. The molecule has 2 amide bonds. The van der Waals surface area contributed by atoms with Crippen LogP contribution in [0.4, 0.5) is 0 Å². The van der Waals surface area contributed by atoms with Crippen LogP contribution in [-0.4, -0.2) is 63.0 Å². The number of nitrogens with zero attached hydrogens (tertiary/aromatic N) is 4. The normalized spacial score (nSPS) is 19.3. The van der Waals surface area contributed by atoms with E-state index in [1.165, 1.54) is 7.05 Å². The number of halogens is 2. The number of hydrogen-bond donors (Lipinski definition) is 1. The molecule has 1 aromatic carbocycles. The highest BCUT2D eigenvalue weighted by molar-refractivity contribution is 6.42. The van der Waals surface area contributed by atoms with Crippen LogP contribution in [-0.2, 0) is 24.3 Å². The van der Waals surface area contributed by atoms with Crippen molar-refractivity contribution in [3.8, 4) is 0 Å². The van der Waals surface area contributed by atoms with Gasteiger partial charge in [-0.2, -0.15) is 5.10 Å². The van der Waals surface area contributed by atoms with Gasteiger partial charge in [-0.05, 0) is 18.2 Å². The van der Waals surface area contributed by atoms with Crippen molar-refractivity contribution in [1.29, 1.82) is 0 Å². The molecule has 0 bridgehead atoms. The molecule has 0 saturated carbocycles. The van der Waals surface area contributed by atoms with Gasteiger partial charge < -0.3 is 10.0 Å². The smallest absolute Gasteiger partial charge is 0.295 e. The number of amides is 2. The number of aromatic nitrogens is 2. The number of aliphatic hydroxyl groups excluding tert-OH is 1. The minimum atomic E-state index is -0.564. The molecule has 3 heterocycles. The second-order valence-corrected chi connectivity index (χ2v) is 7.59. The quantitative estimate of drug-likeness (QED) is 0.793. The third-order valence-corrected chi connectivity index (χ3v) is 5.67. The Labute approximate surface area is 171 Å². The molecule has 2 aliphatic rings. The van der Waals surface area contributed by atoms with Crippen molar-refractivity contribution in [3.05, 3.63) is 50.8 Å². The Morgan fingerprint density at radius 3 is 2.86 bits per heavy atom. The number of hydrogen-bond acceptors (Lipinski definition) is 5. The molecule has 8 nitrogen and oxygen atoms in total. The highest BCUT2D eigenvalue weighted by Gasteiger charge is 2.35. The van der Waals surface area contributed by atoms with Gasteiger partial charge in [0.2, 0.25) is 0 Å². The Morgan fingerprint density at radius 1 is 1.36 bits per heavy atom. The number of hydroxylamine groups is 2. The number of fused-ring (bicyclic) bond motifs is 3. The third kappa shape index (κ3) is 3.26. The first-order valence-corrected chi connectivity index (χ1v) is 9.53. The zero-order valence-corrected chi connectivity index (χ0v) is 16.6. The summed E-state index contributed by atoms with van der Waals surface area (Å²) in [6.07, 6.45) is -0.0326. The molecule has 4 rings (SSSR count). The van der Waals surface area contributed by atoms with Gasteiger partial charge in [0, 0.05) is 31.1 Å². The van der Waals surface area contributed by atoms with E-state index < -0.39 is 6.10 Å². The SMILES string of the molecule is CN1O[C@H](CO)Cn2nc3c(c2C1=O)CN(C(=O)c1ccc(Cl)c(Cl)c1)CC3. The van der Waals surface area contributed by atoms with Crippen LogP contribution in [0, 0.1) is 0 Å². The maximum Gasteiger partial charge on any atom is 0.295 e. The average Bonchev–Trinajstić information content (AvgIpc) is 2.99. The summed E-state index contributed by atoms with van der Waals surface area (Å²) in [6, 6.07) is 4.76. The highest BCUT2D eigenvalue weighted by Crippen LogP contribution is 2.28. The molecule has 0 radical (unpaired) electrons. The van der Waals surface area contributed by atoms with E-state index >= 15 is 0 Å². The van der Waals surface area contributed by atoms with Gasteiger partial charge >= 0.3 is 0 Å². The molecular weight excluding hydrogens is 407 g/mol. The molecule has 28 heavy (non-hydrogen) atoms. The molecule has 148 valence electrons. The van der Waals surface area contributed by atoms with Gasteiger partial charge in [-0.15, -0.1) is 0 Å². The third-order valence-electron chi connectivity index (χ3n) is 4.93. The van der Waals surface area contributed by atoms with Crippen molar-refractivity contribution >= 4 is 35.0 Å². The molecule has 0 saturated heterocycles. The average molecular weight is 425 g/mol. The van der Waals surface area contributed by atoms with Crippen LogP contribution >= 0.6 is 23.2 Å². The van der Waals surface area contributed by atoms with Crippen molar-refractivity contribution in [2.45, 2.75) is 25.6 Å². The molecule has 0 aliphatic carbocycles. The zero-order chi connectivity index (χ0) is 20.0. The fourth-order valence-electron chi connectivity index (χ4n) is 3.52. The van der Waals surface area contributed by atoms with Gasteiger partial charge in [-0.3, -0.25) is 19.1 Å². The first-order valence-electron chi connectivity index (χ1n) is 8.77. The lowest BCUT2D eigenvalue weighted by atomic mass is 10.0. The minimum Gasteiger partial charge on any atom is -0.393 e. The Hall–Kier alpha value is -2.13. The van der Waals surface area contributed by atoms with Crippen LogP contribution in [0.3, 0.4) is 0 Å². The van der Waals surface area contributed by atoms with Crippen molar-refractivity contribution in [1.82, 2.24) is 19.7 Å². The molecule has 10 heteroatoms. The predicted octanol–water partition coefficient (Wildman–Crippen LogP) is 1.77. The van der Waals surface area contributed by atoms with E-state index in [0.717, 1.165) is 10.8 Å². The molecule has 0 unspecified atom stereocenters. The molecule has 2 aromatic rings. The van der Waals surface area contributed by atoms with Crippen molar-refractivity contribution in [2.24, 2.45) is 0 Å². The van der Waals surface area contributed by atoms with Gasteiger partial charge in [0.1, 0.15) is 11.8 Å². The van der Waals surface area contributed by atoms with Gasteiger partial charge in [0.25, 0.3) is 11.8 Å². The first-order chi connectivity index (χ1) is 13.4. The summed E-state index contributed by atoms with van der Waals surface area (Å²) in [4.78, 5) is 32.8. The van der Waals surface area contributed by atoms with E-state index in [1.54, 1.807) is 27.8 Å². The van der Waals surface area contributed by atoms with E-state index in [1.807, 2.05) is 0 Å². The summed E-state index contributed by atoms with van der Waals surface area (Å²) < 4.78 is 1.57. The second-order valence-electron chi connectivity index (χ2n) is 6.77. The van der Waals surface area contributed by atoms with Gasteiger partial charge in [-0.1, -0.05) is 23.2 Å². The Morgan fingerprint density at radius 2 is 2.14 bits per heavy atom. The zero-order valence-electron chi connectivity index (χ0n) is 15.1. The van der Waals surface area contributed by atoms with Crippen LogP contribution < -0.4 is 0 Å². The van der Waals surface area contributed by atoms with E-state index in [9.17, 15) is 14.7 Å². The summed E-state index contributed by atoms with van der Waals surface area (Å²) in [6.45, 7) is 0.763. The molecular formula is C18H18Cl2N4O4.